The average Bonchev–Trinajstić information content (AvgIpc) is 2.98. The van der Waals surface area contributed by atoms with E-state index in [2.05, 4.69) is 10.6 Å². The second-order valence-corrected chi connectivity index (χ2v) is 10.1. The molecule has 0 radical (unpaired) electrons. The molecule has 7 nitrogen and oxygen atoms in total. The van der Waals surface area contributed by atoms with Crippen molar-refractivity contribution in [1.29, 1.82) is 0 Å². The summed E-state index contributed by atoms with van der Waals surface area (Å²) in [5.74, 6) is -0.0900. The van der Waals surface area contributed by atoms with Crippen LogP contribution in [0.1, 0.15) is 51.0 Å². The van der Waals surface area contributed by atoms with E-state index in [0.717, 1.165) is 12.8 Å². The van der Waals surface area contributed by atoms with Crippen molar-refractivity contribution in [2.75, 3.05) is 31.6 Å². The lowest BCUT2D eigenvalue weighted by atomic mass is 10.1. The standard InChI is InChI=1S/C21H33N3O4S/c1-16-9-10-19(15-20(16)29(26,27)24-11-13-28-14-12-24)23-21(25)17(2)22-18-7-5-3-4-6-8-18/h9-10,15,17-18,22H,3-8,11-14H2,1-2H3,(H,23,25)/p+1/t17-/m1/s1. The van der Waals surface area contributed by atoms with Gasteiger partial charge in [-0.15, -0.1) is 0 Å². The average molecular weight is 425 g/mol. The molecule has 2 aliphatic rings. The number of nitrogens with one attached hydrogen (secondary N) is 1. The molecule has 29 heavy (non-hydrogen) atoms. The lowest BCUT2D eigenvalue weighted by Gasteiger charge is -2.27. The number of nitrogens with zero attached hydrogens (tertiary/aromatic N) is 1. The largest absolute Gasteiger partial charge is 0.379 e. The number of amides is 1. The maximum absolute atomic E-state index is 13.0. The molecule has 0 unspecified atom stereocenters. The Bertz CT molecular complexity index is 798. The summed E-state index contributed by atoms with van der Waals surface area (Å²) in [4.78, 5) is 12.9. The summed E-state index contributed by atoms with van der Waals surface area (Å²) in [5, 5.41) is 5.08. The van der Waals surface area contributed by atoms with Gasteiger partial charge < -0.3 is 15.4 Å². The highest BCUT2D eigenvalue weighted by Gasteiger charge is 2.28. The predicted octanol–water partition coefficient (Wildman–Crippen LogP) is 1.63. The van der Waals surface area contributed by atoms with E-state index in [-0.39, 0.29) is 16.8 Å². The lowest BCUT2D eigenvalue weighted by molar-refractivity contribution is -0.707. The zero-order valence-corrected chi connectivity index (χ0v) is 18.3. The SMILES string of the molecule is Cc1ccc(NC(=O)[C@@H](C)[NH2+]C2CCCCCC2)cc1S(=O)(=O)N1CCOCC1. The third-order valence-electron chi connectivity index (χ3n) is 5.92. The highest BCUT2D eigenvalue weighted by Crippen LogP contribution is 2.24. The molecular formula is C21H34N3O4S+. The number of aryl methyl sites for hydroxylation is 1. The minimum absolute atomic E-state index is 0.0900. The molecule has 3 rings (SSSR count). The highest BCUT2D eigenvalue weighted by molar-refractivity contribution is 7.89. The number of hydrogen-bond donors (Lipinski definition) is 2. The van der Waals surface area contributed by atoms with Gasteiger partial charge in [-0.25, -0.2) is 8.42 Å². The van der Waals surface area contributed by atoms with Crippen molar-refractivity contribution >= 4 is 21.6 Å². The van der Waals surface area contributed by atoms with Gasteiger partial charge in [-0.2, -0.15) is 4.31 Å². The van der Waals surface area contributed by atoms with Gasteiger partial charge in [-0.05, 0) is 57.2 Å². The van der Waals surface area contributed by atoms with E-state index in [4.69, 9.17) is 4.74 Å². The van der Waals surface area contributed by atoms with Crippen LogP contribution in [-0.2, 0) is 19.6 Å². The van der Waals surface area contributed by atoms with Crippen molar-refractivity contribution in [1.82, 2.24) is 4.31 Å². The number of anilines is 1. The van der Waals surface area contributed by atoms with Crippen molar-refractivity contribution in [2.45, 2.75) is 69.4 Å². The molecule has 0 bridgehead atoms. The Morgan fingerprint density at radius 2 is 1.83 bits per heavy atom. The van der Waals surface area contributed by atoms with Crippen LogP contribution in [-0.4, -0.2) is 57.0 Å². The fourth-order valence-corrected chi connectivity index (χ4v) is 5.80. The third-order valence-corrected chi connectivity index (χ3v) is 7.96. The van der Waals surface area contributed by atoms with Crippen molar-refractivity contribution in [3.05, 3.63) is 23.8 Å². The van der Waals surface area contributed by atoms with E-state index in [1.54, 1.807) is 25.1 Å². The predicted molar refractivity (Wildman–Crippen MR) is 112 cm³/mol. The van der Waals surface area contributed by atoms with Crippen molar-refractivity contribution in [3.8, 4) is 0 Å². The molecule has 1 aliphatic carbocycles. The summed E-state index contributed by atoms with van der Waals surface area (Å²) < 4.78 is 32.8. The first kappa shape index (κ1) is 22.2. The first-order chi connectivity index (χ1) is 13.9. The van der Waals surface area contributed by atoms with Gasteiger partial charge in [0, 0.05) is 18.8 Å². The molecular weight excluding hydrogens is 390 g/mol. The molecule has 1 saturated heterocycles. The Kier molecular flexibility index (Phi) is 7.67. The Balaban J connectivity index is 1.67. The van der Waals surface area contributed by atoms with Crippen LogP contribution in [0.3, 0.4) is 0 Å². The van der Waals surface area contributed by atoms with Gasteiger partial charge in [0.1, 0.15) is 0 Å². The molecule has 8 heteroatoms. The van der Waals surface area contributed by atoms with E-state index in [1.807, 2.05) is 6.92 Å². The molecule has 1 heterocycles. The Morgan fingerprint density at radius 1 is 1.17 bits per heavy atom. The second kappa shape index (κ2) is 10.0. The topological polar surface area (TPSA) is 92.3 Å². The van der Waals surface area contributed by atoms with Crippen molar-refractivity contribution in [3.63, 3.8) is 0 Å². The van der Waals surface area contributed by atoms with Crippen molar-refractivity contribution < 1.29 is 23.3 Å². The van der Waals surface area contributed by atoms with Gasteiger partial charge in [0.15, 0.2) is 6.04 Å². The summed E-state index contributed by atoms with van der Waals surface area (Å²) in [5.41, 5.74) is 1.20. The number of carbonyl (C=O) groups excluding carboxylic acids is 1. The smallest absolute Gasteiger partial charge is 0.282 e. The molecule has 3 N–H and O–H groups in total. The minimum Gasteiger partial charge on any atom is -0.379 e. The summed E-state index contributed by atoms with van der Waals surface area (Å²) in [6.07, 6.45) is 7.35. The van der Waals surface area contributed by atoms with Crippen LogP contribution in [0.4, 0.5) is 5.69 Å². The minimum atomic E-state index is -3.60. The molecule has 0 aromatic heterocycles. The maximum Gasteiger partial charge on any atom is 0.282 e. The Morgan fingerprint density at radius 3 is 2.48 bits per heavy atom. The van der Waals surface area contributed by atoms with E-state index in [0.29, 0.717) is 43.6 Å². The van der Waals surface area contributed by atoms with Crippen LogP contribution < -0.4 is 10.6 Å². The van der Waals surface area contributed by atoms with E-state index in [1.165, 1.54) is 30.0 Å². The third kappa shape index (κ3) is 5.78. The number of benzene rings is 1. The number of hydrogen-bond acceptors (Lipinski definition) is 4. The van der Waals surface area contributed by atoms with Gasteiger partial charge >= 0.3 is 0 Å². The Hall–Kier alpha value is -1.48. The van der Waals surface area contributed by atoms with Crippen LogP contribution >= 0.6 is 0 Å². The quantitative estimate of drug-likeness (QED) is 0.679. The van der Waals surface area contributed by atoms with Crippen LogP contribution in [0.5, 0.6) is 0 Å². The van der Waals surface area contributed by atoms with Gasteiger partial charge in [-0.3, -0.25) is 4.79 Å². The van der Waals surface area contributed by atoms with E-state index >= 15 is 0 Å². The van der Waals surface area contributed by atoms with Crippen molar-refractivity contribution in [2.24, 2.45) is 0 Å². The van der Waals surface area contributed by atoms with Crippen LogP contribution in [0, 0.1) is 6.92 Å². The normalized spacial score (nSPS) is 20.8. The number of rotatable bonds is 6. The molecule has 162 valence electrons. The van der Waals surface area contributed by atoms with E-state index < -0.39 is 10.0 Å². The monoisotopic (exact) mass is 424 g/mol. The van der Waals surface area contributed by atoms with Gasteiger partial charge in [0.05, 0.1) is 24.2 Å². The number of nitrogens with two attached hydrogens (primary N) is 1. The fourth-order valence-electron chi connectivity index (χ4n) is 4.14. The molecule has 0 spiro atoms. The molecule has 1 amide bonds. The van der Waals surface area contributed by atoms with Crippen LogP contribution in [0.25, 0.3) is 0 Å². The van der Waals surface area contributed by atoms with Gasteiger partial charge in [-0.1, -0.05) is 18.9 Å². The van der Waals surface area contributed by atoms with Crippen LogP contribution in [0.15, 0.2) is 23.1 Å². The molecule has 1 aliphatic heterocycles. The first-order valence-electron chi connectivity index (χ1n) is 10.7. The zero-order chi connectivity index (χ0) is 20.9. The lowest BCUT2D eigenvalue weighted by Crippen LogP contribution is -2.96. The number of sulfonamides is 1. The number of carbonyl (C=O) groups is 1. The summed E-state index contributed by atoms with van der Waals surface area (Å²) in [6.45, 7) is 5.21. The van der Waals surface area contributed by atoms with Gasteiger partial charge in [0.2, 0.25) is 10.0 Å². The summed E-state index contributed by atoms with van der Waals surface area (Å²) in [7, 11) is -3.60. The van der Waals surface area contributed by atoms with Gasteiger partial charge in [0.25, 0.3) is 5.91 Å². The fraction of sp³-hybridized carbons (Fsp3) is 0.667. The molecule has 1 aromatic carbocycles. The van der Waals surface area contributed by atoms with E-state index in [9.17, 15) is 13.2 Å². The summed E-state index contributed by atoms with van der Waals surface area (Å²) >= 11 is 0. The molecule has 1 atom stereocenters. The maximum atomic E-state index is 13.0. The number of morpholine rings is 1. The molecule has 2 fully saturated rings. The Labute approximate surface area is 174 Å². The second-order valence-electron chi connectivity index (χ2n) is 8.22. The first-order valence-corrected chi connectivity index (χ1v) is 12.2. The number of quaternary nitrogens is 1. The molecule has 1 aromatic rings. The van der Waals surface area contributed by atoms with Crippen LogP contribution in [0.2, 0.25) is 0 Å². The summed E-state index contributed by atoms with van der Waals surface area (Å²) in [6, 6.07) is 5.38. The molecule has 1 saturated carbocycles. The highest BCUT2D eigenvalue weighted by atomic mass is 32.2. The number of ether oxygens (including phenoxy) is 1. The zero-order valence-electron chi connectivity index (χ0n) is 17.5.